The number of fused-ring (bicyclic) bond motifs is 1. The molecule has 62 heavy (non-hydrogen) atoms. The molecule has 18 nitrogen and oxygen atoms in total. The lowest BCUT2D eigenvalue weighted by Crippen LogP contribution is -2.54. The summed E-state index contributed by atoms with van der Waals surface area (Å²) in [6.45, 7) is 3.04. The number of nitrogens with zero attached hydrogens (tertiary/aromatic N) is 2. The molecule has 0 aromatic heterocycles. The van der Waals surface area contributed by atoms with Gasteiger partial charge < -0.3 is 30.9 Å². The van der Waals surface area contributed by atoms with Crippen molar-refractivity contribution in [1.29, 1.82) is 0 Å². The maximum absolute atomic E-state index is 13.5. The molecule has 0 saturated heterocycles. The summed E-state index contributed by atoms with van der Waals surface area (Å²) in [6.07, 6.45) is 3.74. The summed E-state index contributed by atoms with van der Waals surface area (Å²) in [7, 11) is -8.08. The van der Waals surface area contributed by atoms with E-state index in [1.54, 1.807) is 37.4 Å². The molecule has 0 bridgehead atoms. The Kier molecular flexibility index (Phi) is 15.7. The topological polar surface area (TPSA) is 264 Å². The highest BCUT2D eigenvalue weighted by Crippen LogP contribution is 2.33. The number of oxime groups is 1. The molecule has 5 aromatic carbocycles. The van der Waals surface area contributed by atoms with Gasteiger partial charge in [0.1, 0.15) is 20.8 Å². The Balaban J connectivity index is 1.33. The van der Waals surface area contributed by atoms with Crippen LogP contribution in [0.2, 0.25) is 0 Å². The summed E-state index contributed by atoms with van der Waals surface area (Å²) in [5, 5.41) is 29.6. The Morgan fingerprint density at radius 1 is 0.790 bits per heavy atom. The molecular weight excluding hydrogens is 1010 g/mol. The van der Waals surface area contributed by atoms with Crippen LogP contribution in [0.3, 0.4) is 0 Å². The molecule has 2 amide bonds. The number of hydrazine groups is 1. The van der Waals surface area contributed by atoms with Gasteiger partial charge in [0.15, 0.2) is 16.3 Å². The zero-order chi connectivity index (χ0) is 45.2. The third-order valence-electron chi connectivity index (χ3n) is 8.21. The number of hydrogen-bond donors (Lipinski definition) is 8. The fraction of sp³-hybridized carbons (Fsp3) is 0.0526. The standard InChI is InChI=1S/C38H33Br2N9O9S4/c1-41-37(59)45-28-14-11-24(32(19-28)62(56,57)58-42-2)8-7-23-10-13-27(18-31(23)61(53,54)55)46-38(60)49-48-36(52)33(44-26-12-9-22-5-3-4-6-25(22)17-26)35(51)47-43-20-21-15-29(39)34(50)30(40)16-21/h3-20,33,44,50H,2H2,1H3,(H,47,51)(H,48,52)(H2,41,45,59)(H2,46,49,60)(H,53,54,55)/p-1/b8-7+,43-20+. The minimum atomic E-state index is -5.14. The van der Waals surface area contributed by atoms with Crippen molar-refractivity contribution in [1.82, 2.24) is 21.6 Å². The van der Waals surface area contributed by atoms with E-state index in [0.717, 1.165) is 16.8 Å². The number of amides is 2. The van der Waals surface area contributed by atoms with E-state index in [-0.39, 0.29) is 43.4 Å². The van der Waals surface area contributed by atoms with Crippen molar-refractivity contribution in [2.75, 3.05) is 23.0 Å². The van der Waals surface area contributed by atoms with E-state index in [2.05, 4.69) is 90.7 Å². The van der Waals surface area contributed by atoms with Gasteiger partial charge in [0.2, 0.25) is 0 Å². The van der Waals surface area contributed by atoms with Gasteiger partial charge in [-0.15, -0.1) is 0 Å². The zero-order valence-electron chi connectivity index (χ0n) is 31.7. The van der Waals surface area contributed by atoms with Gasteiger partial charge in [-0.05, 0) is 132 Å². The van der Waals surface area contributed by atoms with E-state index in [1.165, 1.54) is 48.7 Å². The highest BCUT2D eigenvalue weighted by atomic mass is 79.9. The van der Waals surface area contributed by atoms with Gasteiger partial charge in [-0.3, -0.25) is 24.7 Å². The molecule has 24 heteroatoms. The highest BCUT2D eigenvalue weighted by molar-refractivity contribution is 9.11. The normalized spacial score (nSPS) is 12.0. The van der Waals surface area contributed by atoms with Crippen LogP contribution in [0.1, 0.15) is 16.7 Å². The third kappa shape index (κ3) is 12.5. The zero-order valence-corrected chi connectivity index (χ0v) is 38.1. The van der Waals surface area contributed by atoms with Crippen LogP contribution < -0.4 is 37.5 Å². The van der Waals surface area contributed by atoms with Gasteiger partial charge in [-0.25, -0.2) is 13.8 Å². The van der Waals surface area contributed by atoms with E-state index in [0.29, 0.717) is 20.2 Å². The maximum Gasteiger partial charge on any atom is 0.359 e. The van der Waals surface area contributed by atoms with Crippen LogP contribution in [0.5, 0.6) is 5.75 Å². The van der Waals surface area contributed by atoms with E-state index in [9.17, 15) is 36.1 Å². The lowest BCUT2D eigenvalue weighted by molar-refractivity contribution is -0.130. The molecule has 0 heterocycles. The summed E-state index contributed by atoms with van der Waals surface area (Å²) < 4.78 is 68.2. The summed E-state index contributed by atoms with van der Waals surface area (Å²) in [5.41, 5.74) is 8.16. The molecule has 322 valence electrons. The number of halogens is 2. The Bertz CT molecular complexity index is 2860. The first kappa shape index (κ1) is 47.0. The number of carbonyl (C=O) groups is 2. The van der Waals surface area contributed by atoms with Crippen molar-refractivity contribution in [2.24, 2.45) is 10.3 Å². The molecule has 0 spiro atoms. The average Bonchev–Trinajstić information content (AvgIpc) is 3.23. The van der Waals surface area contributed by atoms with E-state index in [4.69, 9.17) is 24.4 Å². The lowest BCUT2D eigenvalue weighted by Gasteiger charge is -2.20. The number of carbonyl (C=O) groups excluding carboxylic acids is 2. The second-order valence-electron chi connectivity index (χ2n) is 12.4. The predicted molar refractivity (Wildman–Crippen MR) is 251 cm³/mol. The minimum Gasteiger partial charge on any atom is -0.744 e. The Morgan fingerprint density at radius 3 is 1.98 bits per heavy atom. The summed E-state index contributed by atoms with van der Waals surface area (Å²) in [4.78, 5) is 25.8. The maximum atomic E-state index is 13.5. The molecule has 0 saturated carbocycles. The highest BCUT2D eigenvalue weighted by Gasteiger charge is 2.27. The summed E-state index contributed by atoms with van der Waals surface area (Å²) in [5.74, 6) is -1.83. The van der Waals surface area contributed by atoms with Gasteiger partial charge in [0.25, 0.3) is 11.8 Å². The molecular formula is C38H32Br2N9O9S4-. The molecule has 8 N–H and O–H groups in total. The Labute approximate surface area is 382 Å². The molecule has 0 fully saturated rings. The smallest absolute Gasteiger partial charge is 0.359 e. The van der Waals surface area contributed by atoms with Gasteiger partial charge >= 0.3 is 10.1 Å². The number of aromatic hydroxyl groups is 1. The van der Waals surface area contributed by atoms with Crippen LogP contribution in [0.4, 0.5) is 17.1 Å². The largest absolute Gasteiger partial charge is 0.744 e. The lowest BCUT2D eigenvalue weighted by atomic mass is 10.1. The number of benzene rings is 5. The molecule has 0 aliphatic carbocycles. The minimum absolute atomic E-state index is 0.00148. The SMILES string of the molecule is C=NOS(=O)(=O)c1cc(NC(=S)NC)ccc1/C=C/c1ccc(NC(=S)NNC(=O)C(Nc2ccc3ccccc3c2)C(=O)N/N=C/c2cc(Br)c(O)c(Br)c2)cc1S(=O)(=O)[O-]. The number of hydrazone groups is 1. The fourth-order valence-corrected chi connectivity index (χ4v) is 8.48. The van der Waals surface area contributed by atoms with Crippen LogP contribution in [0.25, 0.3) is 22.9 Å². The average molecular weight is 1050 g/mol. The van der Waals surface area contributed by atoms with E-state index < -0.39 is 43.0 Å². The van der Waals surface area contributed by atoms with Crippen molar-refractivity contribution in [3.8, 4) is 5.75 Å². The molecule has 0 radical (unpaired) electrons. The Hall–Kier alpha value is -6.02. The molecule has 1 atom stereocenters. The van der Waals surface area contributed by atoms with Crippen molar-refractivity contribution < 1.29 is 40.4 Å². The molecule has 5 rings (SSSR count). The number of phenols is 1. The molecule has 0 aliphatic rings. The van der Waals surface area contributed by atoms with Crippen LogP contribution in [-0.4, -0.2) is 74.6 Å². The third-order valence-corrected chi connectivity index (χ3v) is 12.0. The van der Waals surface area contributed by atoms with Crippen LogP contribution in [0.15, 0.2) is 120 Å². The van der Waals surface area contributed by atoms with Gasteiger partial charge in [0.05, 0.1) is 20.1 Å². The van der Waals surface area contributed by atoms with Gasteiger partial charge in [0, 0.05) is 30.8 Å². The second kappa shape index (κ2) is 20.7. The number of rotatable bonds is 14. The second-order valence-corrected chi connectivity index (χ2v) is 17.8. The number of nitrogens with one attached hydrogen (secondary N) is 7. The molecule has 1 unspecified atom stereocenters. The first-order chi connectivity index (χ1) is 29.4. The van der Waals surface area contributed by atoms with Crippen molar-refractivity contribution >= 4 is 151 Å². The molecule has 5 aromatic rings. The number of hydrogen-bond acceptors (Lipinski definition) is 14. The number of thiocarbonyl (C=S) groups is 2. The van der Waals surface area contributed by atoms with Crippen molar-refractivity contribution in [3.63, 3.8) is 0 Å². The van der Waals surface area contributed by atoms with Crippen LogP contribution in [0, 0.1) is 0 Å². The van der Waals surface area contributed by atoms with Crippen LogP contribution >= 0.6 is 56.3 Å². The Morgan fingerprint density at radius 2 is 1.37 bits per heavy atom. The van der Waals surface area contributed by atoms with E-state index >= 15 is 0 Å². The van der Waals surface area contributed by atoms with Crippen LogP contribution in [-0.2, 0) is 34.1 Å². The fourth-order valence-electron chi connectivity index (χ4n) is 5.36. The van der Waals surface area contributed by atoms with E-state index in [1.807, 2.05) is 24.3 Å². The summed E-state index contributed by atoms with van der Waals surface area (Å²) in [6, 6.07) is 21.8. The van der Waals surface area contributed by atoms with Gasteiger partial charge in [-0.2, -0.15) is 13.5 Å². The first-order valence-electron chi connectivity index (χ1n) is 17.3. The van der Waals surface area contributed by atoms with Crippen molar-refractivity contribution in [2.45, 2.75) is 15.8 Å². The van der Waals surface area contributed by atoms with Gasteiger partial charge in [-0.1, -0.05) is 59.8 Å². The monoisotopic (exact) mass is 1040 g/mol. The number of phenolic OH excluding ortho intramolecular Hbond substituents is 1. The van der Waals surface area contributed by atoms with Crippen molar-refractivity contribution in [3.05, 3.63) is 117 Å². The quantitative estimate of drug-likeness (QED) is 0.0175. The number of anilines is 3. The summed E-state index contributed by atoms with van der Waals surface area (Å²) >= 11 is 16.8. The molecule has 0 aliphatic heterocycles. The first-order valence-corrected chi connectivity index (χ1v) is 22.5. The predicted octanol–water partition coefficient (Wildman–Crippen LogP) is 5.33.